The maximum Gasteiger partial charge on any atom is 0.128 e. The first-order valence-electron chi connectivity index (χ1n) is 7.27. The molecule has 0 saturated carbocycles. The molecule has 20 heavy (non-hydrogen) atoms. The van der Waals surface area contributed by atoms with Gasteiger partial charge < -0.3 is 10.1 Å². The van der Waals surface area contributed by atoms with Gasteiger partial charge in [-0.15, -0.1) is 11.3 Å². The molecule has 2 aromatic rings. The van der Waals surface area contributed by atoms with E-state index in [4.69, 9.17) is 9.72 Å². The fraction of sp³-hybridized carbons (Fsp3) is 0.438. The lowest BCUT2D eigenvalue weighted by atomic mass is 9.99. The summed E-state index contributed by atoms with van der Waals surface area (Å²) in [6, 6.07) is 8.16. The molecule has 1 N–H and O–H groups in total. The Morgan fingerprint density at radius 2 is 2.10 bits per heavy atom. The Labute approximate surface area is 124 Å². The van der Waals surface area contributed by atoms with Gasteiger partial charge in [-0.2, -0.15) is 0 Å². The lowest BCUT2D eigenvalue weighted by Gasteiger charge is -2.20. The molecule has 1 aliphatic rings. The average molecular weight is 288 g/mol. The predicted molar refractivity (Wildman–Crippen MR) is 83.6 cm³/mol. The van der Waals surface area contributed by atoms with E-state index in [9.17, 15) is 0 Å². The van der Waals surface area contributed by atoms with Crippen LogP contribution in [0.1, 0.15) is 30.7 Å². The molecule has 4 heteroatoms. The van der Waals surface area contributed by atoms with E-state index in [1.807, 2.05) is 25.1 Å². The fourth-order valence-electron chi connectivity index (χ4n) is 2.63. The van der Waals surface area contributed by atoms with Crippen LogP contribution < -0.4 is 10.1 Å². The molecule has 1 aliphatic heterocycles. The van der Waals surface area contributed by atoms with Crippen molar-refractivity contribution >= 4 is 11.3 Å². The third-order valence-corrected chi connectivity index (χ3v) is 4.68. The molecule has 106 valence electrons. The maximum absolute atomic E-state index is 5.70. The lowest BCUT2D eigenvalue weighted by Crippen LogP contribution is -2.26. The van der Waals surface area contributed by atoms with Crippen LogP contribution in [0.15, 0.2) is 29.6 Å². The molecule has 1 aromatic heterocycles. The first-order chi connectivity index (χ1) is 9.88. The van der Waals surface area contributed by atoms with E-state index in [1.165, 1.54) is 17.8 Å². The van der Waals surface area contributed by atoms with Crippen LogP contribution in [-0.4, -0.2) is 24.7 Å². The van der Waals surface area contributed by atoms with Crippen LogP contribution in [0.3, 0.4) is 0 Å². The SMILES string of the molecule is CCOc1ccccc1-c1csc(C2CCNCC2)n1. The van der Waals surface area contributed by atoms with Gasteiger partial charge in [0.15, 0.2) is 0 Å². The van der Waals surface area contributed by atoms with Crippen molar-refractivity contribution in [3.8, 4) is 17.0 Å². The monoisotopic (exact) mass is 288 g/mol. The lowest BCUT2D eigenvalue weighted by molar-refractivity contribution is 0.341. The molecule has 1 saturated heterocycles. The number of hydrogen-bond donors (Lipinski definition) is 1. The van der Waals surface area contributed by atoms with Gasteiger partial charge in [0.2, 0.25) is 0 Å². The van der Waals surface area contributed by atoms with Gasteiger partial charge in [0.05, 0.1) is 17.3 Å². The van der Waals surface area contributed by atoms with E-state index >= 15 is 0 Å². The normalized spacial score (nSPS) is 16.2. The molecule has 1 fully saturated rings. The highest BCUT2D eigenvalue weighted by molar-refractivity contribution is 7.10. The Morgan fingerprint density at radius 1 is 1.30 bits per heavy atom. The highest BCUT2D eigenvalue weighted by Gasteiger charge is 2.19. The van der Waals surface area contributed by atoms with Gasteiger partial charge in [-0.3, -0.25) is 0 Å². The highest BCUT2D eigenvalue weighted by Crippen LogP contribution is 2.34. The van der Waals surface area contributed by atoms with Crippen molar-refractivity contribution in [1.82, 2.24) is 10.3 Å². The van der Waals surface area contributed by atoms with Crippen molar-refractivity contribution in [3.05, 3.63) is 34.7 Å². The summed E-state index contributed by atoms with van der Waals surface area (Å²) in [5.74, 6) is 1.55. The minimum atomic E-state index is 0.620. The quantitative estimate of drug-likeness (QED) is 0.932. The van der Waals surface area contributed by atoms with Gasteiger partial charge in [-0.1, -0.05) is 12.1 Å². The summed E-state index contributed by atoms with van der Waals surface area (Å²) < 4.78 is 5.70. The van der Waals surface area contributed by atoms with Crippen molar-refractivity contribution < 1.29 is 4.74 Å². The average Bonchev–Trinajstić information content (AvgIpc) is 2.99. The predicted octanol–water partition coefficient (Wildman–Crippen LogP) is 3.68. The zero-order valence-corrected chi connectivity index (χ0v) is 12.6. The highest BCUT2D eigenvalue weighted by atomic mass is 32.1. The van der Waals surface area contributed by atoms with Crippen LogP contribution in [0.25, 0.3) is 11.3 Å². The van der Waals surface area contributed by atoms with Crippen molar-refractivity contribution in [2.24, 2.45) is 0 Å². The number of aromatic nitrogens is 1. The molecular formula is C16H20N2OS. The van der Waals surface area contributed by atoms with Crippen molar-refractivity contribution in [3.63, 3.8) is 0 Å². The Bertz CT molecular complexity index is 561. The van der Waals surface area contributed by atoms with E-state index in [0.717, 1.165) is 30.1 Å². The number of benzene rings is 1. The fourth-order valence-corrected chi connectivity index (χ4v) is 3.62. The summed E-state index contributed by atoms with van der Waals surface area (Å²) in [7, 11) is 0. The zero-order valence-electron chi connectivity index (χ0n) is 11.8. The van der Waals surface area contributed by atoms with Crippen LogP contribution >= 0.6 is 11.3 Å². The van der Waals surface area contributed by atoms with Crippen LogP contribution in [0.2, 0.25) is 0 Å². The number of piperidine rings is 1. The van der Waals surface area contributed by atoms with E-state index < -0.39 is 0 Å². The Hall–Kier alpha value is -1.39. The summed E-state index contributed by atoms with van der Waals surface area (Å²) in [6.45, 7) is 4.91. The van der Waals surface area contributed by atoms with Gasteiger partial charge >= 0.3 is 0 Å². The van der Waals surface area contributed by atoms with Crippen molar-refractivity contribution in [2.75, 3.05) is 19.7 Å². The van der Waals surface area contributed by atoms with E-state index in [1.54, 1.807) is 11.3 Å². The van der Waals surface area contributed by atoms with Gasteiger partial charge in [0.1, 0.15) is 5.75 Å². The van der Waals surface area contributed by atoms with E-state index in [0.29, 0.717) is 12.5 Å². The Kier molecular flexibility index (Phi) is 4.33. The summed E-state index contributed by atoms with van der Waals surface area (Å²) >= 11 is 1.78. The third-order valence-electron chi connectivity index (χ3n) is 3.67. The molecule has 0 spiro atoms. The molecule has 2 heterocycles. The maximum atomic E-state index is 5.70. The zero-order chi connectivity index (χ0) is 13.8. The second kappa shape index (κ2) is 6.37. The molecule has 3 nitrogen and oxygen atoms in total. The topological polar surface area (TPSA) is 34.1 Å². The first kappa shape index (κ1) is 13.6. The molecule has 0 amide bonds. The Morgan fingerprint density at radius 3 is 2.90 bits per heavy atom. The van der Waals surface area contributed by atoms with Crippen LogP contribution in [-0.2, 0) is 0 Å². The van der Waals surface area contributed by atoms with Crippen LogP contribution in [0.5, 0.6) is 5.75 Å². The van der Waals surface area contributed by atoms with Crippen molar-refractivity contribution in [2.45, 2.75) is 25.7 Å². The number of nitrogens with zero attached hydrogens (tertiary/aromatic N) is 1. The smallest absolute Gasteiger partial charge is 0.128 e. The summed E-state index contributed by atoms with van der Waals surface area (Å²) in [6.07, 6.45) is 2.39. The second-order valence-corrected chi connectivity index (χ2v) is 5.91. The summed E-state index contributed by atoms with van der Waals surface area (Å²) in [5, 5.41) is 6.84. The molecule has 0 radical (unpaired) electrons. The van der Waals surface area contributed by atoms with Gasteiger partial charge in [0, 0.05) is 16.9 Å². The molecule has 0 bridgehead atoms. The van der Waals surface area contributed by atoms with E-state index in [-0.39, 0.29) is 0 Å². The van der Waals surface area contributed by atoms with Crippen LogP contribution in [0, 0.1) is 0 Å². The standard InChI is InChI=1S/C16H20N2OS/c1-2-19-15-6-4-3-5-13(15)14-11-20-16(18-14)12-7-9-17-10-8-12/h3-6,11-12,17H,2,7-10H2,1H3. The molecule has 0 aliphatic carbocycles. The van der Waals surface area contributed by atoms with Crippen molar-refractivity contribution in [1.29, 1.82) is 0 Å². The number of hydrogen-bond acceptors (Lipinski definition) is 4. The van der Waals surface area contributed by atoms with Crippen LogP contribution in [0.4, 0.5) is 0 Å². The molecule has 1 aromatic carbocycles. The molecular weight excluding hydrogens is 268 g/mol. The second-order valence-electron chi connectivity index (χ2n) is 5.02. The first-order valence-corrected chi connectivity index (χ1v) is 8.14. The molecule has 0 atom stereocenters. The number of rotatable bonds is 4. The number of ether oxygens (including phenoxy) is 1. The minimum Gasteiger partial charge on any atom is -0.493 e. The molecule has 0 unspecified atom stereocenters. The summed E-state index contributed by atoms with van der Waals surface area (Å²) in [5.41, 5.74) is 2.15. The van der Waals surface area contributed by atoms with Gasteiger partial charge in [-0.25, -0.2) is 4.98 Å². The third kappa shape index (κ3) is 2.86. The van der Waals surface area contributed by atoms with Gasteiger partial charge in [-0.05, 0) is 45.0 Å². The Balaban J connectivity index is 1.86. The van der Waals surface area contributed by atoms with Gasteiger partial charge in [0.25, 0.3) is 0 Å². The number of para-hydroxylation sites is 1. The number of nitrogens with one attached hydrogen (secondary N) is 1. The number of thiazole rings is 1. The largest absolute Gasteiger partial charge is 0.493 e. The minimum absolute atomic E-state index is 0.620. The summed E-state index contributed by atoms with van der Waals surface area (Å²) in [4.78, 5) is 4.86. The molecule has 3 rings (SSSR count). The van der Waals surface area contributed by atoms with E-state index in [2.05, 4.69) is 16.8 Å².